The second-order valence-corrected chi connectivity index (χ2v) is 7.49. The second-order valence-electron chi connectivity index (χ2n) is 5.18. The number of hydrogen-bond donors (Lipinski definition) is 0. The predicted octanol–water partition coefficient (Wildman–Crippen LogP) is 3.05. The number of halogens is 2. The van der Waals surface area contributed by atoms with E-state index in [1.54, 1.807) is 6.20 Å². The van der Waals surface area contributed by atoms with E-state index in [4.69, 9.17) is 11.6 Å². The highest BCUT2D eigenvalue weighted by Gasteiger charge is 2.35. The second kappa shape index (κ2) is 5.95. The molecule has 1 aromatic heterocycles. The smallest absolute Gasteiger partial charge is 0.244 e. The molecule has 0 bridgehead atoms. The van der Waals surface area contributed by atoms with Crippen molar-refractivity contribution in [1.82, 2.24) is 9.29 Å². The van der Waals surface area contributed by atoms with Crippen molar-refractivity contribution in [3.8, 4) is 0 Å². The van der Waals surface area contributed by atoms with E-state index in [1.807, 2.05) is 18.2 Å². The van der Waals surface area contributed by atoms with Crippen LogP contribution in [0.4, 0.5) is 4.39 Å². The molecule has 1 fully saturated rings. The van der Waals surface area contributed by atoms with Gasteiger partial charge in [-0.05, 0) is 36.8 Å². The summed E-state index contributed by atoms with van der Waals surface area (Å²) in [6.07, 6.45) is 2.37. The summed E-state index contributed by atoms with van der Waals surface area (Å²) in [7, 11) is -3.80. The van der Waals surface area contributed by atoms with E-state index >= 15 is 0 Å². The van der Waals surface area contributed by atoms with Crippen molar-refractivity contribution in [2.45, 2.75) is 17.2 Å². The van der Waals surface area contributed by atoms with Crippen molar-refractivity contribution in [2.24, 2.45) is 0 Å². The standard InChI is InChI=1S/C15H14ClFN2O2S/c16-13-5-4-12(17)9-15(13)22(20,21)19-8-6-11(10-19)14-3-1-2-7-18-14/h1-5,7,9,11H,6,8,10H2. The first-order valence-corrected chi connectivity index (χ1v) is 8.66. The van der Waals surface area contributed by atoms with Crippen molar-refractivity contribution in [3.05, 3.63) is 59.1 Å². The van der Waals surface area contributed by atoms with Gasteiger partial charge in [-0.2, -0.15) is 4.31 Å². The molecule has 4 nitrogen and oxygen atoms in total. The first-order chi connectivity index (χ1) is 10.5. The monoisotopic (exact) mass is 340 g/mol. The highest BCUT2D eigenvalue weighted by molar-refractivity contribution is 7.89. The van der Waals surface area contributed by atoms with Crippen LogP contribution in [-0.4, -0.2) is 30.8 Å². The van der Waals surface area contributed by atoms with Crippen LogP contribution >= 0.6 is 11.6 Å². The van der Waals surface area contributed by atoms with Crippen molar-refractivity contribution < 1.29 is 12.8 Å². The molecular formula is C15H14ClFN2O2S. The molecule has 1 aromatic carbocycles. The molecule has 1 unspecified atom stereocenters. The van der Waals surface area contributed by atoms with Crippen LogP contribution in [0, 0.1) is 5.82 Å². The van der Waals surface area contributed by atoms with Crippen LogP contribution in [0.1, 0.15) is 18.0 Å². The lowest BCUT2D eigenvalue weighted by atomic mass is 10.0. The molecule has 3 rings (SSSR count). The molecule has 22 heavy (non-hydrogen) atoms. The SMILES string of the molecule is O=S(=O)(c1cc(F)ccc1Cl)N1CCC(c2ccccn2)C1. The topological polar surface area (TPSA) is 50.3 Å². The fraction of sp³-hybridized carbons (Fsp3) is 0.267. The van der Waals surface area contributed by atoms with Crippen LogP contribution in [0.25, 0.3) is 0 Å². The number of hydrogen-bond acceptors (Lipinski definition) is 3. The molecule has 0 amide bonds. The van der Waals surface area contributed by atoms with Crippen molar-refractivity contribution in [3.63, 3.8) is 0 Å². The summed E-state index contributed by atoms with van der Waals surface area (Å²) in [6.45, 7) is 0.697. The van der Waals surface area contributed by atoms with Crippen molar-refractivity contribution >= 4 is 21.6 Å². The maximum Gasteiger partial charge on any atom is 0.244 e. The van der Waals surface area contributed by atoms with E-state index in [0.717, 1.165) is 17.8 Å². The largest absolute Gasteiger partial charge is 0.261 e. The van der Waals surface area contributed by atoms with E-state index in [-0.39, 0.29) is 15.8 Å². The Kier molecular flexibility index (Phi) is 4.16. The summed E-state index contributed by atoms with van der Waals surface area (Å²) in [5, 5.41) is 0.0303. The fourth-order valence-electron chi connectivity index (χ4n) is 2.62. The first kappa shape index (κ1) is 15.4. The van der Waals surface area contributed by atoms with Gasteiger partial charge >= 0.3 is 0 Å². The van der Waals surface area contributed by atoms with Gasteiger partial charge in [-0.15, -0.1) is 0 Å². The Balaban J connectivity index is 1.87. The normalized spacial score (nSPS) is 19.5. The van der Waals surface area contributed by atoms with Gasteiger partial charge in [-0.1, -0.05) is 17.7 Å². The van der Waals surface area contributed by atoms with Gasteiger partial charge in [0.25, 0.3) is 0 Å². The van der Waals surface area contributed by atoms with E-state index in [0.29, 0.717) is 19.5 Å². The first-order valence-electron chi connectivity index (χ1n) is 6.84. The van der Waals surface area contributed by atoms with Gasteiger partial charge in [0.15, 0.2) is 0 Å². The highest BCUT2D eigenvalue weighted by atomic mass is 35.5. The molecule has 0 saturated carbocycles. The van der Waals surface area contributed by atoms with Gasteiger partial charge in [0.1, 0.15) is 10.7 Å². The van der Waals surface area contributed by atoms with Gasteiger partial charge < -0.3 is 0 Å². The van der Waals surface area contributed by atoms with Gasteiger partial charge in [-0.3, -0.25) is 4.98 Å². The molecule has 116 valence electrons. The highest BCUT2D eigenvalue weighted by Crippen LogP contribution is 2.32. The Morgan fingerprint density at radius 2 is 2.09 bits per heavy atom. The lowest BCUT2D eigenvalue weighted by molar-refractivity contribution is 0.471. The van der Waals surface area contributed by atoms with Crippen LogP contribution in [0.5, 0.6) is 0 Å². The van der Waals surface area contributed by atoms with Crippen LogP contribution < -0.4 is 0 Å². The maximum absolute atomic E-state index is 13.4. The molecule has 0 aliphatic carbocycles. The third kappa shape index (κ3) is 2.86. The molecule has 0 N–H and O–H groups in total. The Labute approximate surface area is 133 Å². The van der Waals surface area contributed by atoms with Gasteiger partial charge in [0.2, 0.25) is 10.0 Å². The molecule has 1 aliphatic rings. The van der Waals surface area contributed by atoms with Crippen molar-refractivity contribution in [1.29, 1.82) is 0 Å². The summed E-state index contributed by atoms with van der Waals surface area (Å²) in [5.41, 5.74) is 0.866. The summed E-state index contributed by atoms with van der Waals surface area (Å²) in [5.74, 6) is -0.577. The van der Waals surface area contributed by atoms with Gasteiger partial charge in [-0.25, -0.2) is 12.8 Å². The maximum atomic E-state index is 13.4. The van der Waals surface area contributed by atoms with Gasteiger partial charge in [0.05, 0.1) is 5.02 Å². The molecule has 0 radical (unpaired) electrons. The zero-order valence-corrected chi connectivity index (χ0v) is 13.2. The van der Waals surface area contributed by atoms with Crippen molar-refractivity contribution in [2.75, 3.05) is 13.1 Å². The summed E-state index contributed by atoms with van der Waals surface area (Å²) >= 11 is 5.93. The quantitative estimate of drug-likeness (QED) is 0.863. The minimum atomic E-state index is -3.80. The Morgan fingerprint density at radius 3 is 2.82 bits per heavy atom. The number of benzene rings is 1. The van der Waals surface area contributed by atoms with E-state index in [9.17, 15) is 12.8 Å². The van der Waals surface area contributed by atoms with Crippen LogP contribution in [0.3, 0.4) is 0 Å². The van der Waals surface area contributed by atoms with Gasteiger partial charge in [0, 0.05) is 30.9 Å². The number of sulfonamides is 1. The molecule has 1 saturated heterocycles. The zero-order chi connectivity index (χ0) is 15.7. The molecule has 0 spiro atoms. The predicted molar refractivity (Wildman–Crippen MR) is 81.8 cm³/mol. The number of nitrogens with zero attached hydrogens (tertiary/aromatic N) is 2. The van der Waals surface area contributed by atoms with E-state index in [2.05, 4.69) is 4.98 Å². The molecule has 1 atom stereocenters. The zero-order valence-electron chi connectivity index (χ0n) is 11.6. The number of rotatable bonds is 3. The Hall–Kier alpha value is -1.50. The minimum Gasteiger partial charge on any atom is -0.261 e. The number of aromatic nitrogens is 1. The average molecular weight is 341 g/mol. The van der Waals surface area contributed by atoms with Crippen LogP contribution in [0.15, 0.2) is 47.5 Å². The lowest BCUT2D eigenvalue weighted by Crippen LogP contribution is -2.29. The molecule has 2 heterocycles. The minimum absolute atomic E-state index is 0.0303. The summed E-state index contributed by atoms with van der Waals surface area (Å²) < 4.78 is 40.0. The van der Waals surface area contributed by atoms with Crippen LogP contribution in [-0.2, 0) is 10.0 Å². The molecule has 1 aliphatic heterocycles. The summed E-state index contributed by atoms with van der Waals surface area (Å²) in [4.78, 5) is 4.09. The Bertz CT molecular complexity index is 783. The van der Waals surface area contributed by atoms with E-state index < -0.39 is 15.8 Å². The fourth-order valence-corrected chi connectivity index (χ4v) is 4.61. The molecule has 7 heteroatoms. The third-order valence-electron chi connectivity index (χ3n) is 3.77. The van der Waals surface area contributed by atoms with Crippen LogP contribution in [0.2, 0.25) is 5.02 Å². The summed E-state index contributed by atoms with van der Waals surface area (Å²) in [6, 6.07) is 8.95. The average Bonchev–Trinajstić information content (AvgIpc) is 3.01. The van der Waals surface area contributed by atoms with E-state index in [1.165, 1.54) is 10.4 Å². The molecular weight excluding hydrogens is 327 g/mol. The third-order valence-corrected chi connectivity index (χ3v) is 6.11. The molecule has 2 aromatic rings. The lowest BCUT2D eigenvalue weighted by Gasteiger charge is -2.17. The Morgan fingerprint density at radius 1 is 1.27 bits per heavy atom. The number of pyridine rings is 1.